The molecule has 0 radical (unpaired) electrons. The molecule has 0 amide bonds. The second kappa shape index (κ2) is 6.70. The van der Waals surface area contributed by atoms with Gasteiger partial charge in [-0.15, -0.1) is 0 Å². The molecule has 23 heavy (non-hydrogen) atoms. The standard InChI is InChI=1S/C17H19NO4S/c1-21-15-9-7-14(8-10-15)17-13-18(11-12-22-17)23(19,20)16-5-3-2-4-6-16/h2-10,17H,11-13H2,1H3. The predicted molar refractivity (Wildman–Crippen MR) is 86.9 cm³/mol. The molecule has 0 bridgehead atoms. The van der Waals surface area contributed by atoms with Crippen LogP contribution in [0.4, 0.5) is 0 Å². The van der Waals surface area contributed by atoms with Crippen molar-refractivity contribution < 1.29 is 17.9 Å². The van der Waals surface area contributed by atoms with E-state index in [0.29, 0.717) is 24.6 Å². The molecule has 2 aromatic carbocycles. The van der Waals surface area contributed by atoms with Gasteiger partial charge in [-0.3, -0.25) is 0 Å². The van der Waals surface area contributed by atoms with E-state index in [4.69, 9.17) is 9.47 Å². The molecule has 122 valence electrons. The molecule has 3 rings (SSSR count). The third kappa shape index (κ3) is 3.39. The topological polar surface area (TPSA) is 55.8 Å². The highest BCUT2D eigenvalue weighted by molar-refractivity contribution is 7.89. The summed E-state index contributed by atoms with van der Waals surface area (Å²) in [4.78, 5) is 0.315. The van der Waals surface area contributed by atoms with E-state index < -0.39 is 10.0 Å². The first-order valence-electron chi connectivity index (χ1n) is 7.42. The van der Waals surface area contributed by atoms with Crippen molar-refractivity contribution in [3.8, 4) is 5.75 Å². The van der Waals surface area contributed by atoms with Crippen molar-refractivity contribution in [1.29, 1.82) is 0 Å². The Morgan fingerprint density at radius 3 is 2.43 bits per heavy atom. The van der Waals surface area contributed by atoms with Crippen LogP contribution in [0.5, 0.6) is 5.75 Å². The van der Waals surface area contributed by atoms with Crippen molar-refractivity contribution in [2.45, 2.75) is 11.0 Å². The van der Waals surface area contributed by atoms with Crippen molar-refractivity contribution in [2.24, 2.45) is 0 Å². The summed E-state index contributed by atoms with van der Waals surface area (Å²) in [6.45, 7) is 1.05. The van der Waals surface area contributed by atoms with Gasteiger partial charge in [-0.2, -0.15) is 4.31 Å². The maximum absolute atomic E-state index is 12.7. The number of ether oxygens (including phenoxy) is 2. The normalized spacial score (nSPS) is 19.4. The summed E-state index contributed by atoms with van der Waals surface area (Å²) < 4.78 is 37.8. The molecule has 1 atom stereocenters. The molecule has 0 spiro atoms. The molecular weight excluding hydrogens is 314 g/mol. The summed E-state index contributed by atoms with van der Waals surface area (Å²) >= 11 is 0. The number of sulfonamides is 1. The Kier molecular flexibility index (Phi) is 4.66. The maximum atomic E-state index is 12.7. The van der Waals surface area contributed by atoms with E-state index in [1.165, 1.54) is 4.31 Å². The van der Waals surface area contributed by atoms with Crippen LogP contribution in [-0.4, -0.2) is 39.5 Å². The molecule has 5 nitrogen and oxygen atoms in total. The minimum absolute atomic E-state index is 0.270. The van der Waals surface area contributed by atoms with Crippen molar-refractivity contribution in [2.75, 3.05) is 26.8 Å². The zero-order valence-corrected chi connectivity index (χ0v) is 13.7. The summed E-state index contributed by atoms with van der Waals surface area (Å²) in [5.74, 6) is 0.762. The Morgan fingerprint density at radius 1 is 1.09 bits per heavy atom. The number of morpholine rings is 1. The first kappa shape index (κ1) is 16.0. The van der Waals surface area contributed by atoms with Crippen molar-refractivity contribution in [1.82, 2.24) is 4.31 Å². The monoisotopic (exact) mass is 333 g/mol. The lowest BCUT2D eigenvalue weighted by Gasteiger charge is -2.32. The van der Waals surface area contributed by atoms with E-state index >= 15 is 0 Å². The molecule has 0 N–H and O–H groups in total. The van der Waals surface area contributed by atoms with Crippen LogP contribution in [-0.2, 0) is 14.8 Å². The van der Waals surface area contributed by atoms with Crippen molar-refractivity contribution in [3.05, 3.63) is 60.2 Å². The zero-order chi connectivity index (χ0) is 16.3. The lowest BCUT2D eigenvalue weighted by atomic mass is 10.1. The zero-order valence-electron chi connectivity index (χ0n) is 12.9. The van der Waals surface area contributed by atoms with E-state index in [0.717, 1.165) is 11.3 Å². The summed E-state index contributed by atoms with van der Waals surface area (Å²) in [6, 6.07) is 16.0. The summed E-state index contributed by atoms with van der Waals surface area (Å²) in [5, 5.41) is 0. The predicted octanol–water partition coefficient (Wildman–Crippen LogP) is 2.46. The Morgan fingerprint density at radius 2 is 1.78 bits per heavy atom. The van der Waals surface area contributed by atoms with Gasteiger partial charge in [0.25, 0.3) is 0 Å². The quantitative estimate of drug-likeness (QED) is 0.862. The van der Waals surface area contributed by atoms with Gasteiger partial charge in [-0.25, -0.2) is 8.42 Å². The highest BCUT2D eigenvalue weighted by atomic mass is 32.2. The molecule has 1 heterocycles. The molecule has 2 aromatic rings. The van der Waals surface area contributed by atoms with Gasteiger partial charge >= 0.3 is 0 Å². The highest BCUT2D eigenvalue weighted by Gasteiger charge is 2.31. The van der Waals surface area contributed by atoms with Crippen molar-refractivity contribution in [3.63, 3.8) is 0 Å². The Balaban J connectivity index is 1.80. The molecule has 6 heteroatoms. The number of benzene rings is 2. The minimum Gasteiger partial charge on any atom is -0.497 e. The van der Waals surface area contributed by atoms with Crippen LogP contribution in [0.25, 0.3) is 0 Å². The van der Waals surface area contributed by atoms with Gasteiger partial charge < -0.3 is 9.47 Å². The van der Waals surface area contributed by atoms with Crippen LogP contribution in [0.2, 0.25) is 0 Å². The van der Waals surface area contributed by atoms with Gasteiger partial charge in [0.15, 0.2) is 0 Å². The second-order valence-corrected chi connectivity index (χ2v) is 7.25. The first-order valence-corrected chi connectivity index (χ1v) is 8.86. The smallest absolute Gasteiger partial charge is 0.243 e. The number of hydrogen-bond donors (Lipinski definition) is 0. The summed E-state index contributed by atoms with van der Waals surface area (Å²) in [7, 11) is -1.88. The van der Waals surface area contributed by atoms with Crippen molar-refractivity contribution >= 4 is 10.0 Å². The van der Waals surface area contributed by atoms with E-state index in [-0.39, 0.29) is 6.10 Å². The number of hydrogen-bond acceptors (Lipinski definition) is 4. The lowest BCUT2D eigenvalue weighted by Crippen LogP contribution is -2.42. The molecule has 1 fully saturated rings. The van der Waals surface area contributed by atoms with Crippen LogP contribution >= 0.6 is 0 Å². The Labute approximate surface area is 136 Å². The third-order valence-electron chi connectivity index (χ3n) is 3.90. The molecule has 1 saturated heterocycles. The first-order chi connectivity index (χ1) is 11.1. The largest absolute Gasteiger partial charge is 0.497 e. The fourth-order valence-electron chi connectivity index (χ4n) is 2.61. The number of rotatable bonds is 4. The molecule has 0 aliphatic carbocycles. The van der Waals surface area contributed by atoms with E-state index in [1.54, 1.807) is 37.4 Å². The van der Waals surface area contributed by atoms with E-state index in [9.17, 15) is 8.42 Å². The summed E-state index contributed by atoms with van der Waals surface area (Å²) in [5.41, 5.74) is 0.943. The van der Waals surface area contributed by atoms with Gasteiger partial charge in [0, 0.05) is 13.1 Å². The highest BCUT2D eigenvalue weighted by Crippen LogP contribution is 2.27. The number of methoxy groups -OCH3 is 1. The van der Waals surface area contributed by atoms with E-state index in [2.05, 4.69) is 0 Å². The molecule has 0 saturated carbocycles. The molecule has 0 aromatic heterocycles. The van der Waals surface area contributed by atoms with Gasteiger partial charge in [0.05, 0.1) is 24.7 Å². The van der Waals surface area contributed by atoms with Gasteiger partial charge in [-0.05, 0) is 29.8 Å². The SMILES string of the molecule is COc1ccc(C2CN(S(=O)(=O)c3ccccc3)CCO2)cc1. The van der Waals surface area contributed by atoms with Crippen LogP contribution in [0, 0.1) is 0 Å². The Hall–Kier alpha value is -1.89. The minimum atomic E-state index is -3.49. The van der Waals surface area contributed by atoms with E-state index in [1.807, 2.05) is 24.3 Å². The Bertz CT molecular complexity index is 744. The van der Waals surface area contributed by atoms with Crippen LogP contribution < -0.4 is 4.74 Å². The van der Waals surface area contributed by atoms with Crippen LogP contribution in [0.3, 0.4) is 0 Å². The van der Waals surface area contributed by atoms with Gasteiger partial charge in [0.1, 0.15) is 5.75 Å². The fraction of sp³-hybridized carbons (Fsp3) is 0.294. The average molecular weight is 333 g/mol. The molecule has 1 unspecified atom stereocenters. The maximum Gasteiger partial charge on any atom is 0.243 e. The lowest BCUT2D eigenvalue weighted by molar-refractivity contribution is -0.00257. The fourth-order valence-corrected chi connectivity index (χ4v) is 4.05. The van der Waals surface area contributed by atoms with Gasteiger partial charge in [0.2, 0.25) is 10.0 Å². The van der Waals surface area contributed by atoms with Gasteiger partial charge in [-0.1, -0.05) is 30.3 Å². The van der Waals surface area contributed by atoms with Crippen LogP contribution in [0.1, 0.15) is 11.7 Å². The molecule has 1 aliphatic heterocycles. The van der Waals surface area contributed by atoms with Crippen LogP contribution in [0.15, 0.2) is 59.5 Å². The average Bonchev–Trinajstić information content (AvgIpc) is 2.62. The second-order valence-electron chi connectivity index (χ2n) is 5.31. The third-order valence-corrected chi connectivity index (χ3v) is 5.78. The number of nitrogens with zero attached hydrogens (tertiary/aromatic N) is 1. The molecular formula is C17H19NO4S. The summed E-state index contributed by atoms with van der Waals surface area (Å²) in [6.07, 6.45) is -0.270. The molecule has 1 aliphatic rings.